The number of aromatic nitrogens is 1. The van der Waals surface area contributed by atoms with Crippen LogP contribution in [-0.2, 0) is 0 Å². The number of halogens is 2. The summed E-state index contributed by atoms with van der Waals surface area (Å²) < 4.78 is 0.868. The molecule has 1 N–H and O–H groups in total. The zero-order valence-corrected chi connectivity index (χ0v) is 11.9. The first-order valence-corrected chi connectivity index (χ1v) is 6.43. The Labute approximate surface area is 118 Å². The summed E-state index contributed by atoms with van der Waals surface area (Å²) in [7, 11) is 0. The lowest BCUT2D eigenvalue weighted by Crippen LogP contribution is -2.13. The van der Waals surface area contributed by atoms with Gasteiger partial charge in [0.25, 0.3) is 5.91 Å². The fourth-order valence-electron chi connectivity index (χ4n) is 1.44. The van der Waals surface area contributed by atoms with E-state index in [0.717, 1.165) is 15.7 Å². The number of nitrogens with zero attached hydrogens (tertiary/aromatic N) is 1. The Hall–Kier alpha value is -1.39. The summed E-state index contributed by atoms with van der Waals surface area (Å²) in [6, 6.07) is 8.88. The molecule has 1 aromatic carbocycles. The number of hydrogen-bond donors (Lipinski definition) is 1. The monoisotopic (exact) mass is 324 g/mol. The van der Waals surface area contributed by atoms with Crippen LogP contribution >= 0.6 is 27.5 Å². The van der Waals surface area contributed by atoms with Crippen LogP contribution in [0, 0.1) is 6.92 Å². The highest BCUT2D eigenvalue weighted by Gasteiger charge is 2.10. The van der Waals surface area contributed by atoms with E-state index in [-0.39, 0.29) is 5.91 Å². The molecular formula is C13H10BrClN2O. The van der Waals surface area contributed by atoms with Crippen LogP contribution in [0.4, 0.5) is 5.69 Å². The molecule has 0 aliphatic heterocycles. The fourth-order valence-corrected chi connectivity index (χ4v) is 1.92. The molecular weight excluding hydrogens is 316 g/mol. The highest BCUT2D eigenvalue weighted by Crippen LogP contribution is 2.26. The first-order chi connectivity index (χ1) is 8.58. The summed E-state index contributed by atoms with van der Waals surface area (Å²) in [4.78, 5) is 15.9. The van der Waals surface area contributed by atoms with Gasteiger partial charge in [0.2, 0.25) is 0 Å². The zero-order chi connectivity index (χ0) is 13.1. The predicted octanol–water partition coefficient (Wildman–Crippen LogP) is 4.06. The molecule has 0 fully saturated rings. The van der Waals surface area contributed by atoms with E-state index in [2.05, 4.69) is 26.2 Å². The van der Waals surface area contributed by atoms with Gasteiger partial charge in [-0.1, -0.05) is 23.7 Å². The number of rotatable bonds is 2. The number of amides is 1. The van der Waals surface area contributed by atoms with E-state index >= 15 is 0 Å². The van der Waals surface area contributed by atoms with Gasteiger partial charge >= 0.3 is 0 Å². The van der Waals surface area contributed by atoms with Gasteiger partial charge in [0.1, 0.15) is 5.69 Å². The summed E-state index contributed by atoms with van der Waals surface area (Å²) in [6.45, 7) is 1.96. The normalized spacial score (nSPS) is 10.2. The Morgan fingerprint density at radius 1 is 1.33 bits per heavy atom. The predicted molar refractivity (Wildman–Crippen MR) is 76.1 cm³/mol. The van der Waals surface area contributed by atoms with Crippen molar-refractivity contribution >= 4 is 39.1 Å². The summed E-state index contributed by atoms with van der Waals surface area (Å²) >= 11 is 9.16. The average Bonchev–Trinajstić information content (AvgIpc) is 2.36. The zero-order valence-electron chi connectivity index (χ0n) is 9.58. The van der Waals surface area contributed by atoms with E-state index in [0.29, 0.717) is 10.7 Å². The van der Waals surface area contributed by atoms with Crippen LogP contribution in [0.2, 0.25) is 5.02 Å². The third-order valence-corrected chi connectivity index (χ3v) is 3.68. The summed E-state index contributed by atoms with van der Waals surface area (Å²) in [5, 5.41) is 3.30. The summed E-state index contributed by atoms with van der Waals surface area (Å²) in [6.07, 6.45) is 1.45. The Bertz CT molecular complexity index is 584. The van der Waals surface area contributed by atoms with Gasteiger partial charge < -0.3 is 5.32 Å². The molecule has 1 heterocycles. The van der Waals surface area contributed by atoms with Gasteiger partial charge in [0, 0.05) is 10.7 Å². The quantitative estimate of drug-likeness (QED) is 0.905. The maximum atomic E-state index is 12.0. The third kappa shape index (κ3) is 2.89. The van der Waals surface area contributed by atoms with Crippen molar-refractivity contribution in [3.63, 3.8) is 0 Å². The third-order valence-electron chi connectivity index (χ3n) is 2.40. The standard InChI is InChI=1S/C13H10BrClN2O/c1-8-3-2-4-10(12(8)14)17-13(18)11-6-5-9(15)7-16-11/h2-7H,1H3,(H,17,18). The highest BCUT2D eigenvalue weighted by atomic mass is 79.9. The first kappa shape index (κ1) is 13.1. The van der Waals surface area contributed by atoms with Crippen LogP contribution in [0.25, 0.3) is 0 Å². The molecule has 0 saturated carbocycles. The number of anilines is 1. The van der Waals surface area contributed by atoms with E-state index in [1.807, 2.05) is 25.1 Å². The molecule has 2 rings (SSSR count). The van der Waals surface area contributed by atoms with Crippen molar-refractivity contribution in [2.45, 2.75) is 6.92 Å². The number of hydrogen-bond acceptors (Lipinski definition) is 2. The SMILES string of the molecule is Cc1cccc(NC(=O)c2ccc(Cl)cn2)c1Br. The molecule has 5 heteroatoms. The molecule has 0 unspecified atom stereocenters. The van der Waals surface area contributed by atoms with Crippen molar-refractivity contribution in [3.8, 4) is 0 Å². The number of pyridine rings is 1. The van der Waals surface area contributed by atoms with Gasteiger partial charge in [-0.05, 0) is 46.6 Å². The van der Waals surface area contributed by atoms with E-state index in [4.69, 9.17) is 11.6 Å². The summed E-state index contributed by atoms with van der Waals surface area (Å²) in [5.74, 6) is -0.266. The van der Waals surface area contributed by atoms with Crippen LogP contribution in [-0.4, -0.2) is 10.9 Å². The molecule has 0 atom stereocenters. The Morgan fingerprint density at radius 2 is 2.11 bits per heavy atom. The maximum absolute atomic E-state index is 12.0. The van der Waals surface area contributed by atoms with Crippen molar-refractivity contribution in [1.82, 2.24) is 4.98 Å². The molecule has 92 valence electrons. The molecule has 0 radical (unpaired) electrons. The van der Waals surface area contributed by atoms with E-state index in [1.165, 1.54) is 6.20 Å². The molecule has 1 aromatic heterocycles. The van der Waals surface area contributed by atoms with E-state index in [1.54, 1.807) is 12.1 Å². The van der Waals surface area contributed by atoms with E-state index in [9.17, 15) is 4.79 Å². The molecule has 18 heavy (non-hydrogen) atoms. The lowest BCUT2D eigenvalue weighted by Gasteiger charge is -2.08. The van der Waals surface area contributed by atoms with Gasteiger partial charge in [-0.2, -0.15) is 0 Å². The molecule has 3 nitrogen and oxygen atoms in total. The van der Waals surface area contributed by atoms with Crippen molar-refractivity contribution in [3.05, 3.63) is 57.3 Å². The molecule has 0 aliphatic rings. The molecule has 2 aromatic rings. The van der Waals surface area contributed by atoms with E-state index < -0.39 is 0 Å². The van der Waals surface area contributed by atoms with Crippen LogP contribution < -0.4 is 5.32 Å². The van der Waals surface area contributed by atoms with Crippen LogP contribution in [0.5, 0.6) is 0 Å². The van der Waals surface area contributed by atoms with Gasteiger partial charge in [0.05, 0.1) is 10.7 Å². The lowest BCUT2D eigenvalue weighted by atomic mass is 10.2. The second-order valence-corrected chi connectivity index (χ2v) is 4.98. The van der Waals surface area contributed by atoms with Crippen molar-refractivity contribution in [2.75, 3.05) is 5.32 Å². The maximum Gasteiger partial charge on any atom is 0.274 e. The number of aryl methyl sites for hydroxylation is 1. The smallest absolute Gasteiger partial charge is 0.274 e. The number of carbonyl (C=O) groups excluding carboxylic acids is 1. The molecule has 0 aliphatic carbocycles. The molecule has 0 spiro atoms. The molecule has 0 bridgehead atoms. The number of nitrogens with one attached hydrogen (secondary N) is 1. The van der Waals surface area contributed by atoms with Crippen molar-refractivity contribution in [2.24, 2.45) is 0 Å². The van der Waals surface area contributed by atoms with Crippen LogP contribution in [0.1, 0.15) is 16.1 Å². The van der Waals surface area contributed by atoms with Crippen LogP contribution in [0.3, 0.4) is 0 Å². The van der Waals surface area contributed by atoms with Gasteiger partial charge in [0.15, 0.2) is 0 Å². The topological polar surface area (TPSA) is 42.0 Å². The Kier molecular flexibility index (Phi) is 3.99. The number of benzene rings is 1. The number of carbonyl (C=O) groups is 1. The Morgan fingerprint density at radius 3 is 2.78 bits per heavy atom. The minimum atomic E-state index is -0.266. The largest absolute Gasteiger partial charge is 0.320 e. The van der Waals surface area contributed by atoms with Gasteiger partial charge in [-0.3, -0.25) is 4.79 Å². The van der Waals surface area contributed by atoms with Gasteiger partial charge in [-0.25, -0.2) is 4.98 Å². The minimum Gasteiger partial charge on any atom is -0.320 e. The molecule has 1 amide bonds. The van der Waals surface area contributed by atoms with Crippen molar-refractivity contribution < 1.29 is 4.79 Å². The second kappa shape index (κ2) is 5.50. The van der Waals surface area contributed by atoms with Crippen LogP contribution in [0.15, 0.2) is 41.0 Å². The highest BCUT2D eigenvalue weighted by molar-refractivity contribution is 9.10. The average molecular weight is 326 g/mol. The minimum absolute atomic E-state index is 0.266. The second-order valence-electron chi connectivity index (χ2n) is 3.75. The lowest BCUT2D eigenvalue weighted by molar-refractivity contribution is 0.102. The first-order valence-electron chi connectivity index (χ1n) is 5.26. The van der Waals surface area contributed by atoms with Gasteiger partial charge in [-0.15, -0.1) is 0 Å². The molecule has 0 saturated heterocycles. The summed E-state index contributed by atoms with van der Waals surface area (Å²) in [5.41, 5.74) is 2.10. The Balaban J connectivity index is 2.21. The fraction of sp³-hybridized carbons (Fsp3) is 0.0769. The van der Waals surface area contributed by atoms with Crippen molar-refractivity contribution in [1.29, 1.82) is 0 Å².